The minimum absolute atomic E-state index is 0.394. The van der Waals surface area contributed by atoms with Gasteiger partial charge in [-0.15, -0.1) is 0 Å². The van der Waals surface area contributed by atoms with E-state index in [1.54, 1.807) is 0 Å². The second-order valence-electron chi connectivity index (χ2n) is 3.60. The molecule has 2 amide bonds. The summed E-state index contributed by atoms with van der Waals surface area (Å²) in [7, 11) is 0. The van der Waals surface area contributed by atoms with Crippen molar-refractivity contribution in [2.24, 2.45) is 17.4 Å². The van der Waals surface area contributed by atoms with Gasteiger partial charge in [-0.05, 0) is 13.0 Å². The topological polar surface area (TPSA) is 98.7 Å². The fourth-order valence-corrected chi connectivity index (χ4v) is 1.56. The van der Waals surface area contributed by atoms with Gasteiger partial charge in [-0.2, -0.15) is 0 Å². The lowest BCUT2D eigenvalue weighted by Gasteiger charge is -2.27. The zero-order valence-corrected chi connectivity index (χ0v) is 8.65. The van der Waals surface area contributed by atoms with Gasteiger partial charge in [0.1, 0.15) is 5.92 Å². The minimum atomic E-state index is -0.854. The molecule has 0 radical (unpaired) electrons. The number of morpholine rings is 1. The second kappa shape index (κ2) is 5.67. The highest BCUT2D eigenvalue weighted by Crippen LogP contribution is 2.05. The van der Waals surface area contributed by atoms with E-state index in [4.69, 9.17) is 16.2 Å². The van der Waals surface area contributed by atoms with Crippen LogP contribution in [0.2, 0.25) is 0 Å². The lowest BCUT2D eigenvalue weighted by molar-refractivity contribution is -0.132. The zero-order chi connectivity index (χ0) is 11.3. The molecular formula is C9H17N3O3. The molecule has 1 aliphatic rings. The van der Waals surface area contributed by atoms with Crippen molar-refractivity contribution in [2.45, 2.75) is 6.42 Å². The largest absolute Gasteiger partial charge is 0.379 e. The smallest absolute Gasteiger partial charge is 0.230 e. The Balaban J connectivity index is 2.32. The van der Waals surface area contributed by atoms with Crippen LogP contribution < -0.4 is 11.5 Å². The first kappa shape index (κ1) is 11.9. The average Bonchev–Trinajstić information content (AvgIpc) is 2.18. The molecule has 0 aromatic heterocycles. The predicted molar refractivity (Wildman–Crippen MR) is 53.8 cm³/mol. The molecular weight excluding hydrogens is 198 g/mol. The molecule has 0 spiro atoms. The van der Waals surface area contributed by atoms with Crippen molar-refractivity contribution in [1.82, 2.24) is 4.90 Å². The minimum Gasteiger partial charge on any atom is -0.379 e. The van der Waals surface area contributed by atoms with Crippen molar-refractivity contribution in [3.63, 3.8) is 0 Å². The summed E-state index contributed by atoms with van der Waals surface area (Å²) >= 11 is 0. The van der Waals surface area contributed by atoms with Crippen LogP contribution in [0.15, 0.2) is 0 Å². The Bertz CT molecular complexity index is 225. The van der Waals surface area contributed by atoms with Gasteiger partial charge in [0.05, 0.1) is 13.2 Å². The van der Waals surface area contributed by atoms with Gasteiger partial charge in [-0.1, -0.05) is 0 Å². The molecule has 0 aliphatic carbocycles. The summed E-state index contributed by atoms with van der Waals surface area (Å²) in [6, 6.07) is 0. The molecule has 15 heavy (non-hydrogen) atoms. The number of carbonyl (C=O) groups is 2. The fourth-order valence-electron chi connectivity index (χ4n) is 1.56. The second-order valence-corrected chi connectivity index (χ2v) is 3.60. The van der Waals surface area contributed by atoms with Crippen LogP contribution >= 0.6 is 0 Å². The van der Waals surface area contributed by atoms with Crippen molar-refractivity contribution < 1.29 is 14.3 Å². The molecule has 0 aromatic rings. The number of nitrogens with zero attached hydrogens (tertiary/aromatic N) is 1. The van der Waals surface area contributed by atoms with Crippen LogP contribution in [0.25, 0.3) is 0 Å². The van der Waals surface area contributed by atoms with Crippen LogP contribution in [-0.2, 0) is 14.3 Å². The third-order valence-electron chi connectivity index (χ3n) is 2.52. The van der Waals surface area contributed by atoms with Gasteiger partial charge < -0.3 is 16.2 Å². The third kappa shape index (κ3) is 3.85. The Labute approximate surface area is 88.5 Å². The van der Waals surface area contributed by atoms with Gasteiger partial charge in [0.25, 0.3) is 0 Å². The Morgan fingerprint density at radius 3 is 2.20 bits per heavy atom. The lowest BCUT2D eigenvalue weighted by atomic mass is 10.0. The molecule has 0 unspecified atom stereocenters. The van der Waals surface area contributed by atoms with E-state index in [0.29, 0.717) is 26.2 Å². The van der Waals surface area contributed by atoms with Crippen LogP contribution in [0.5, 0.6) is 0 Å². The molecule has 6 nitrogen and oxygen atoms in total. The molecule has 1 aliphatic heterocycles. The molecule has 86 valence electrons. The monoisotopic (exact) mass is 215 g/mol. The van der Waals surface area contributed by atoms with E-state index < -0.39 is 17.7 Å². The zero-order valence-electron chi connectivity index (χ0n) is 8.65. The molecule has 0 saturated carbocycles. The molecule has 0 bridgehead atoms. The van der Waals surface area contributed by atoms with Crippen LogP contribution in [0.1, 0.15) is 6.42 Å². The molecule has 1 rings (SSSR count). The first-order valence-electron chi connectivity index (χ1n) is 5.00. The van der Waals surface area contributed by atoms with Gasteiger partial charge in [-0.3, -0.25) is 14.5 Å². The highest BCUT2D eigenvalue weighted by atomic mass is 16.5. The standard InChI is InChI=1S/C9H17N3O3/c10-8(13)7(9(11)14)1-2-12-3-5-15-6-4-12/h7H,1-6H2,(H2,10,13)(H2,11,14). The van der Waals surface area contributed by atoms with Gasteiger partial charge in [0.2, 0.25) is 11.8 Å². The Hall–Kier alpha value is -1.14. The van der Waals surface area contributed by atoms with E-state index in [9.17, 15) is 9.59 Å². The molecule has 4 N–H and O–H groups in total. The van der Waals surface area contributed by atoms with E-state index in [1.807, 2.05) is 0 Å². The summed E-state index contributed by atoms with van der Waals surface area (Å²) in [4.78, 5) is 23.9. The van der Waals surface area contributed by atoms with Crippen LogP contribution in [0, 0.1) is 5.92 Å². The number of rotatable bonds is 5. The highest BCUT2D eigenvalue weighted by Gasteiger charge is 2.22. The third-order valence-corrected chi connectivity index (χ3v) is 2.52. The Morgan fingerprint density at radius 2 is 1.73 bits per heavy atom. The number of hydrogen-bond donors (Lipinski definition) is 2. The number of carbonyl (C=O) groups excluding carboxylic acids is 2. The summed E-state index contributed by atoms with van der Waals surface area (Å²) in [5.41, 5.74) is 10.1. The van der Waals surface area contributed by atoms with Crippen molar-refractivity contribution in [1.29, 1.82) is 0 Å². The SMILES string of the molecule is NC(=O)C(CCN1CCOCC1)C(N)=O. The van der Waals surface area contributed by atoms with E-state index in [2.05, 4.69) is 4.90 Å². The molecule has 1 heterocycles. The van der Waals surface area contributed by atoms with Crippen LogP contribution in [0.4, 0.5) is 0 Å². The quantitative estimate of drug-likeness (QED) is 0.534. The van der Waals surface area contributed by atoms with E-state index in [0.717, 1.165) is 13.1 Å². The number of hydrogen-bond acceptors (Lipinski definition) is 4. The van der Waals surface area contributed by atoms with Crippen LogP contribution in [-0.4, -0.2) is 49.6 Å². The maximum Gasteiger partial charge on any atom is 0.230 e. The normalized spacial score (nSPS) is 17.9. The Kier molecular flexibility index (Phi) is 4.51. The average molecular weight is 215 g/mol. The summed E-state index contributed by atoms with van der Waals surface area (Å²) in [5, 5.41) is 0. The molecule has 0 atom stereocenters. The van der Waals surface area contributed by atoms with Gasteiger partial charge >= 0.3 is 0 Å². The lowest BCUT2D eigenvalue weighted by Crippen LogP contribution is -2.41. The summed E-state index contributed by atoms with van der Waals surface area (Å²) in [6.07, 6.45) is 0.394. The summed E-state index contributed by atoms with van der Waals surface area (Å²) < 4.78 is 5.18. The molecule has 1 saturated heterocycles. The predicted octanol–water partition coefficient (Wildman–Crippen LogP) is -1.70. The summed E-state index contributed by atoms with van der Waals surface area (Å²) in [6.45, 7) is 3.68. The van der Waals surface area contributed by atoms with Crippen molar-refractivity contribution in [2.75, 3.05) is 32.8 Å². The van der Waals surface area contributed by atoms with Gasteiger partial charge in [0, 0.05) is 13.1 Å². The number of amides is 2. The number of ether oxygens (including phenoxy) is 1. The fraction of sp³-hybridized carbons (Fsp3) is 0.778. The molecule has 6 heteroatoms. The van der Waals surface area contributed by atoms with Crippen molar-refractivity contribution in [3.05, 3.63) is 0 Å². The van der Waals surface area contributed by atoms with Gasteiger partial charge in [0.15, 0.2) is 0 Å². The van der Waals surface area contributed by atoms with E-state index >= 15 is 0 Å². The van der Waals surface area contributed by atoms with E-state index in [1.165, 1.54) is 0 Å². The van der Waals surface area contributed by atoms with Crippen molar-refractivity contribution in [3.8, 4) is 0 Å². The highest BCUT2D eigenvalue weighted by molar-refractivity contribution is 5.98. The maximum absolute atomic E-state index is 10.9. The van der Waals surface area contributed by atoms with E-state index in [-0.39, 0.29) is 0 Å². The first-order chi connectivity index (χ1) is 7.11. The van der Waals surface area contributed by atoms with Crippen molar-refractivity contribution >= 4 is 11.8 Å². The molecule has 1 fully saturated rings. The maximum atomic E-state index is 10.9. The Morgan fingerprint density at radius 1 is 1.20 bits per heavy atom. The van der Waals surface area contributed by atoms with Crippen LogP contribution in [0.3, 0.4) is 0 Å². The number of nitrogens with two attached hydrogens (primary N) is 2. The molecule has 0 aromatic carbocycles. The number of primary amides is 2. The summed E-state index contributed by atoms with van der Waals surface area (Å²) in [5.74, 6) is -2.14. The first-order valence-corrected chi connectivity index (χ1v) is 5.00. The van der Waals surface area contributed by atoms with Gasteiger partial charge in [-0.25, -0.2) is 0 Å².